The first-order valence-corrected chi connectivity index (χ1v) is 8.96. The summed E-state index contributed by atoms with van der Waals surface area (Å²) in [5.74, 6) is 1.85. The monoisotopic (exact) mass is 356 g/mol. The number of aliphatic hydroxyl groups is 1. The van der Waals surface area contributed by atoms with E-state index in [-0.39, 0.29) is 18.3 Å². The van der Waals surface area contributed by atoms with Crippen LogP contribution in [0.25, 0.3) is 11.4 Å². The highest BCUT2D eigenvalue weighted by atomic mass is 16.6. The number of hydrogen-bond acceptors (Lipinski definition) is 6. The fourth-order valence-corrected chi connectivity index (χ4v) is 3.14. The molecule has 1 aromatic heterocycles. The summed E-state index contributed by atoms with van der Waals surface area (Å²) in [5, 5.41) is 20.7. The van der Waals surface area contributed by atoms with Gasteiger partial charge in [0, 0.05) is 36.0 Å². The third-order valence-electron chi connectivity index (χ3n) is 4.93. The smallest absolute Gasteiger partial charge is 0.270 e. The van der Waals surface area contributed by atoms with Crippen LogP contribution >= 0.6 is 0 Å². The largest absolute Gasteiger partial charge is 0.394 e. The number of benzene rings is 1. The van der Waals surface area contributed by atoms with Crippen molar-refractivity contribution in [1.82, 2.24) is 9.97 Å². The molecular weight excluding hydrogens is 332 g/mol. The molecule has 0 spiro atoms. The number of non-ortho nitro benzene ring substituents is 1. The van der Waals surface area contributed by atoms with Gasteiger partial charge in [-0.1, -0.05) is 18.6 Å². The second-order valence-electron chi connectivity index (χ2n) is 6.98. The second kappa shape index (κ2) is 7.78. The molecule has 0 radical (unpaired) electrons. The zero-order valence-electron chi connectivity index (χ0n) is 15.1. The standard InChI is InChI=1S/C19H24N4O3/c1-13-9-18(22(14(2)12-24)11-15-5-3-6-15)21-19(20-13)16-7-4-8-17(10-16)23(25)26/h4,7-10,14-15,24H,3,5-6,11-12H2,1-2H3/t14-/m1/s1. The molecular formula is C19H24N4O3. The van der Waals surface area contributed by atoms with E-state index >= 15 is 0 Å². The van der Waals surface area contributed by atoms with Gasteiger partial charge in [-0.25, -0.2) is 9.97 Å². The van der Waals surface area contributed by atoms with Crippen LogP contribution < -0.4 is 4.90 Å². The van der Waals surface area contributed by atoms with Gasteiger partial charge in [0.1, 0.15) is 5.82 Å². The second-order valence-corrected chi connectivity index (χ2v) is 6.98. The minimum absolute atomic E-state index is 0.0178. The molecule has 7 heteroatoms. The van der Waals surface area contributed by atoms with Crippen molar-refractivity contribution in [3.63, 3.8) is 0 Å². The number of hydrogen-bond donors (Lipinski definition) is 1. The molecule has 138 valence electrons. The van der Waals surface area contributed by atoms with Crippen molar-refractivity contribution in [2.24, 2.45) is 5.92 Å². The summed E-state index contributed by atoms with van der Waals surface area (Å²) < 4.78 is 0. The maximum atomic E-state index is 11.0. The number of nitrogens with zero attached hydrogens (tertiary/aromatic N) is 4. The van der Waals surface area contributed by atoms with E-state index in [0.29, 0.717) is 17.3 Å². The summed E-state index contributed by atoms with van der Waals surface area (Å²) in [6.45, 7) is 4.76. The molecule has 0 unspecified atom stereocenters. The third-order valence-corrected chi connectivity index (χ3v) is 4.93. The van der Waals surface area contributed by atoms with Crippen molar-refractivity contribution >= 4 is 11.5 Å². The molecule has 2 aromatic rings. The molecule has 1 fully saturated rings. The predicted octanol–water partition coefficient (Wildman–Crippen LogP) is 3.35. The van der Waals surface area contributed by atoms with Gasteiger partial charge >= 0.3 is 0 Å². The van der Waals surface area contributed by atoms with Crippen LogP contribution in [0.15, 0.2) is 30.3 Å². The lowest BCUT2D eigenvalue weighted by Crippen LogP contribution is -2.41. The summed E-state index contributed by atoms with van der Waals surface area (Å²) in [5.41, 5.74) is 1.42. The highest BCUT2D eigenvalue weighted by Gasteiger charge is 2.25. The fourth-order valence-electron chi connectivity index (χ4n) is 3.14. The molecule has 1 saturated carbocycles. The van der Waals surface area contributed by atoms with Crippen LogP contribution in [0.2, 0.25) is 0 Å². The quantitative estimate of drug-likeness (QED) is 0.604. The molecule has 0 saturated heterocycles. The first kappa shape index (κ1) is 18.3. The lowest BCUT2D eigenvalue weighted by molar-refractivity contribution is -0.384. The number of anilines is 1. The maximum Gasteiger partial charge on any atom is 0.270 e. The summed E-state index contributed by atoms with van der Waals surface area (Å²) in [4.78, 5) is 21.9. The van der Waals surface area contributed by atoms with E-state index in [2.05, 4.69) is 14.9 Å². The van der Waals surface area contributed by atoms with Crippen LogP contribution in [0.5, 0.6) is 0 Å². The Kier molecular flexibility index (Phi) is 5.46. The first-order valence-electron chi connectivity index (χ1n) is 8.96. The van der Waals surface area contributed by atoms with Gasteiger partial charge in [-0.15, -0.1) is 0 Å². The van der Waals surface area contributed by atoms with Gasteiger partial charge in [0.15, 0.2) is 5.82 Å². The summed E-state index contributed by atoms with van der Waals surface area (Å²) >= 11 is 0. The van der Waals surface area contributed by atoms with E-state index in [9.17, 15) is 15.2 Å². The molecule has 1 aliphatic rings. The topological polar surface area (TPSA) is 92.4 Å². The van der Waals surface area contributed by atoms with Crippen LogP contribution in [-0.2, 0) is 0 Å². The highest BCUT2D eigenvalue weighted by Crippen LogP contribution is 2.30. The summed E-state index contributed by atoms with van der Waals surface area (Å²) in [7, 11) is 0. The van der Waals surface area contributed by atoms with E-state index in [4.69, 9.17) is 0 Å². The molecule has 3 rings (SSSR count). The highest BCUT2D eigenvalue weighted by molar-refractivity contribution is 5.61. The zero-order chi connectivity index (χ0) is 18.7. The molecule has 1 N–H and O–H groups in total. The number of nitro benzene ring substituents is 1. The number of aliphatic hydroxyl groups excluding tert-OH is 1. The normalized spacial score (nSPS) is 15.3. The first-order chi connectivity index (χ1) is 12.5. The number of nitro groups is 1. The summed E-state index contributed by atoms with van der Waals surface area (Å²) in [6.07, 6.45) is 3.67. The van der Waals surface area contributed by atoms with Crippen molar-refractivity contribution in [1.29, 1.82) is 0 Å². The number of rotatable bonds is 7. The van der Waals surface area contributed by atoms with Gasteiger partial charge in [-0.05, 0) is 32.6 Å². The molecule has 26 heavy (non-hydrogen) atoms. The number of aromatic nitrogens is 2. The van der Waals surface area contributed by atoms with E-state index in [0.717, 1.165) is 18.1 Å². The van der Waals surface area contributed by atoms with Gasteiger partial charge < -0.3 is 10.0 Å². The zero-order valence-corrected chi connectivity index (χ0v) is 15.1. The Hall–Kier alpha value is -2.54. The minimum atomic E-state index is -0.420. The van der Waals surface area contributed by atoms with Crippen LogP contribution in [-0.4, -0.2) is 39.2 Å². The average molecular weight is 356 g/mol. The third kappa shape index (κ3) is 3.99. The Bertz CT molecular complexity index is 792. The van der Waals surface area contributed by atoms with Crippen molar-refractivity contribution in [2.45, 2.75) is 39.2 Å². The van der Waals surface area contributed by atoms with Crippen LogP contribution in [0, 0.1) is 23.0 Å². The molecule has 1 aromatic carbocycles. The Morgan fingerprint density at radius 1 is 1.35 bits per heavy atom. The Labute approximate surface area is 152 Å². The fraction of sp³-hybridized carbons (Fsp3) is 0.474. The van der Waals surface area contributed by atoms with E-state index in [1.54, 1.807) is 12.1 Å². The predicted molar refractivity (Wildman–Crippen MR) is 100 cm³/mol. The van der Waals surface area contributed by atoms with E-state index < -0.39 is 4.92 Å². The van der Waals surface area contributed by atoms with E-state index in [1.807, 2.05) is 19.9 Å². The summed E-state index contributed by atoms with van der Waals surface area (Å²) in [6, 6.07) is 8.22. The molecule has 0 aliphatic heterocycles. The van der Waals surface area contributed by atoms with Gasteiger partial charge in [-0.3, -0.25) is 10.1 Å². The molecule has 0 bridgehead atoms. The van der Waals surface area contributed by atoms with Gasteiger partial charge in [0.2, 0.25) is 0 Å². The SMILES string of the molecule is Cc1cc(N(CC2CCC2)[C@H](C)CO)nc(-c2cccc([N+](=O)[O-])c2)n1. The van der Waals surface area contributed by atoms with Crippen LogP contribution in [0.3, 0.4) is 0 Å². The Morgan fingerprint density at radius 3 is 2.73 bits per heavy atom. The molecule has 7 nitrogen and oxygen atoms in total. The van der Waals surface area contributed by atoms with Crippen molar-refractivity contribution in [3.05, 3.63) is 46.1 Å². The van der Waals surface area contributed by atoms with Gasteiger partial charge in [0.25, 0.3) is 5.69 Å². The molecule has 0 amide bonds. The maximum absolute atomic E-state index is 11.0. The molecule has 1 heterocycles. The van der Waals surface area contributed by atoms with Crippen molar-refractivity contribution in [3.8, 4) is 11.4 Å². The lowest BCUT2D eigenvalue weighted by atomic mass is 9.85. The van der Waals surface area contributed by atoms with E-state index in [1.165, 1.54) is 31.4 Å². The molecule has 1 atom stereocenters. The van der Waals surface area contributed by atoms with Crippen LogP contribution in [0.1, 0.15) is 31.9 Å². The average Bonchev–Trinajstić information content (AvgIpc) is 2.59. The molecule has 1 aliphatic carbocycles. The van der Waals surface area contributed by atoms with Gasteiger partial charge in [0.05, 0.1) is 17.6 Å². The van der Waals surface area contributed by atoms with Crippen molar-refractivity contribution in [2.75, 3.05) is 18.1 Å². The lowest BCUT2D eigenvalue weighted by Gasteiger charge is -2.36. The number of aryl methyl sites for hydroxylation is 1. The Balaban J connectivity index is 1.97. The Morgan fingerprint density at radius 2 is 2.12 bits per heavy atom. The van der Waals surface area contributed by atoms with Gasteiger partial charge in [-0.2, -0.15) is 0 Å². The minimum Gasteiger partial charge on any atom is -0.394 e. The van der Waals surface area contributed by atoms with Crippen LogP contribution in [0.4, 0.5) is 11.5 Å². The van der Waals surface area contributed by atoms with Crippen molar-refractivity contribution < 1.29 is 10.0 Å².